The van der Waals surface area contributed by atoms with Gasteiger partial charge in [-0.3, -0.25) is 4.79 Å². The standard InChI is InChI=1S/C13H22O5S/c1-9-13(12(14)15,6-7-18-9)10-4-3-5-11(8-10)19(2,16)17/h9-11H,3-8H2,1-2H3,(H,14,15). The largest absolute Gasteiger partial charge is 0.481 e. The van der Waals surface area contributed by atoms with Crippen molar-refractivity contribution in [1.82, 2.24) is 0 Å². The van der Waals surface area contributed by atoms with Gasteiger partial charge in [0.25, 0.3) is 0 Å². The third kappa shape index (κ3) is 2.52. The minimum Gasteiger partial charge on any atom is -0.481 e. The van der Waals surface area contributed by atoms with E-state index in [1.54, 1.807) is 6.92 Å². The van der Waals surface area contributed by atoms with E-state index in [4.69, 9.17) is 4.74 Å². The molecule has 0 radical (unpaired) electrons. The first-order valence-electron chi connectivity index (χ1n) is 6.82. The van der Waals surface area contributed by atoms with E-state index < -0.39 is 26.5 Å². The normalized spacial score (nSPS) is 40.2. The number of carbonyl (C=O) groups is 1. The van der Waals surface area contributed by atoms with Crippen molar-refractivity contribution in [3.63, 3.8) is 0 Å². The summed E-state index contributed by atoms with van der Waals surface area (Å²) in [4.78, 5) is 11.8. The predicted octanol–water partition coefficient (Wildman–Crippen LogP) is 1.47. The second kappa shape index (κ2) is 5.05. The molecule has 1 saturated carbocycles. The molecule has 0 aromatic rings. The van der Waals surface area contributed by atoms with Crippen molar-refractivity contribution in [2.75, 3.05) is 12.9 Å². The molecule has 0 aromatic heterocycles. The van der Waals surface area contributed by atoms with Gasteiger partial charge < -0.3 is 9.84 Å². The van der Waals surface area contributed by atoms with E-state index in [2.05, 4.69) is 0 Å². The molecule has 0 bridgehead atoms. The average Bonchev–Trinajstić information content (AvgIpc) is 2.71. The fourth-order valence-electron chi connectivity index (χ4n) is 3.75. The lowest BCUT2D eigenvalue weighted by molar-refractivity contribution is -0.157. The summed E-state index contributed by atoms with van der Waals surface area (Å²) < 4.78 is 28.9. The fourth-order valence-corrected chi connectivity index (χ4v) is 4.93. The maximum atomic E-state index is 11.8. The van der Waals surface area contributed by atoms with Crippen molar-refractivity contribution in [2.45, 2.75) is 50.4 Å². The molecular formula is C13H22O5S. The molecule has 19 heavy (non-hydrogen) atoms. The Balaban J connectivity index is 2.26. The molecule has 4 unspecified atom stereocenters. The summed E-state index contributed by atoms with van der Waals surface area (Å²) in [7, 11) is -3.09. The van der Waals surface area contributed by atoms with Crippen LogP contribution in [0.25, 0.3) is 0 Å². The lowest BCUT2D eigenvalue weighted by atomic mass is 9.65. The Morgan fingerprint density at radius 3 is 2.53 bits per heavy atom. The molecular weight excluding hydrogens is 268 g/mol. The van der Waals surface area contributed by atoms with E-state index >= 15 is 0 Å². The zero-order chi connectivity index (χ0) is 14.3. The predicted molar refractivity (Wildman–Crippen MR) is 70.7 cm³/mol. The molecule has 1 aliphatic carbocycles. The summed E-state index contributed by atoms with van der Waals surface area (Å²) in [5.41, 5.74) is -0.899. The van der Waals surface area contributed by atoms with E-state index in [9.17, 15) is 18.3 Å². The molecule has 0 spiro atoms. The summed E-state index contributed by atoms with van der Waals surface area (Å²) in [6.07, 6.45) is 4.08. The third-order valence-corrected chi connectivity index (χ3v) is 6.61. The second-order valence-electron chi connectivity index (χ2n) is 5.92. The van der Waals surface area contributed by atoms with Crippen LogP contribution in [0.15, 0.2) is 0 Å². The van der Waals surface area contributed by atoms with Crippen LogP contribution in [-0.2, 0) is 19.4 Å². The highest BCUT2D eigenvalue weighted by atomic mass is 32.2. The first kappa shape index (κ1) is 14.8. The third-order valence-electron chi connectivity index (χ3n) is 4.97. The monoisotopic (exact) mass is 290 g/mol. The lowest BCUT2D eigenvalue weighted by Crippen LogP contribution is -2.47. The van der Waals surface area contributed by atoms with Crippen molar-refractivity contribution in [3.8, 4) is 0 Å². The van der Waals surface area contributed by atoms with Crippen molar-refractivity contribution >= 4 is 15.8 Å². The molecule has 110 valence electrons. The van der Waals surface area contributed by atoms with Crippen LogP contribution >= 0.6 is 0 Å². The number of ether oxygens (including phenoxy) is 1. The van der Waals surface area contributed by atoms with Crippen LogP contribution in [0.4, 0.5) is 0 Å². The molecule has 0 aromatic carbocycles. The highest BCUT2D eigenvalue weighted by Crippen LogP contribution is 2.48. The smallest absolute Gasteiger partial charge is 0.312 e. The Hall–Kier alpha value is -0.620. The number of rotatable bonds is 3. The molecule has 2 aliphatic rings. The van der Waals surface area contributed by atoms with Crippen molar-refractivity contribution in [3.05, 3.63) is 0 Å². The quantitative estimate of drug-likeness (QED) is 0.851. The minimum atomic E-state index is -3.09. The van der Waals surface area contributed by atoms with Gasteiger partial charge in [-0.1, -0.05) is 6.42 Å². The Morgan fingerprint density at radius 1 is 1.37 bits per heavy atom. The number of carboxylic acid groups (broad SMARTS) is 1. The summed E-state index contributed by atoms with van der Waals surface area (Å²) in [6, 6.07) is 0. The molecule has 1 heterocycles. The van der Waals surface area contributed by atoms with Gasteiger partial charge in [0.1, 0.15) is 9.84 Å². The molecule has 2 fully saturated rings. The van der Waals surface area contributed by atoms with Crippen LogP contribution < -0.4 is 0 Å². The molecule has 2 rings (SSSR count). The number of hydrogen-bond acceptors (Lipinski definition) is 4. The SMILES string of the molecule is CC1OCCC1(C(=O)O)C1CCCC(S(C)(=O)=O)C1. The first-order valence-corrected chi connectivity index (χ1v) is 8.78. The van der Waals surface area contributed by atoms with Crippen LogP contribution in [0.1, 0.15) is 39.0 Å². The number of carboxylic acids is 1. The summed E-state index contributed by atoms with van der Waals surface area (Å²) in [5, 5.41) is 9.25. The van der Waals surface area contributed by atoms with Gasteiger partial charge in [0.15, 0.2) is 0 Å². The highest BCUT2D eigenvalue weighted by molar-refractivity contribution is 7.91. The van der Waals surface area contributed by atoms with Gasteiger partial charge in [0, 0.05) is 12.9 Å². The van der Waals surface area contributed by atoms with Crippen LogP contribution in [0.5, 0.6) is 0 Å². The van der Waals surface area contributed by atoms with Crippen molar-refractivity contribution in [1.29, 1.82) is 0 Å². The number of hydrogen-bond donors (Lipinski definition) is 1. The molecule has 1 saturated heterocycles. The van der Waals surface area contributed by atoms with E-state index in [-0.39, 0.29) is 12.0 Å². The number of sulfone groups is 1. The molecule has 1 aliphatic heterocycles. The van der Waals surface area contributed by atoms with Crippen molar-refractivity contribution in [2.24, 2.45) is 11.3 Å². The molecule has 5 nitrogen and oxygen atoms in total. The second-order valence-corrected chi connectivity index (χ2v) is 8.25. The molecule has 6 heteroatoms. The summed E-state index contributed by atoms with van der Waals surface area (Å²) in [6.45, 7) is 2.25. The van der Waals surface area contributed by atoms with Gasteiger partial charge in [0.05, 0.1) is 16.8 Å². The van der Waals surface area contributed by atoms with Gasteiger partial charge in [0.2, 0.25) is 0 Å². The minimum absolute atomic E-state index is 0.101. The molecule has 4 atom stereocenters. The highest BCUT2D eigenvalue weighted by Gasteiger charge is 2.55. The average molecular weight is 290 g/mol. The molecule has 1 N–H and O–H groups in total. The van der Waals surface area contributed by atoms with Gasteiger partial charge in [-0.2, -0.15) is 0 Å². The summed E-state index contributed by atoms with van der Waals surface area (Å²) >= 11 is 0. The van der Waals surface area contributed by atoms with Crippen LogP contribution in [0.3, 0.4) is 0 Å². The fraction of sp³-hybridized carbons (Fsp3) is 0.923. The van der Waals surface area contributed by atoms with Gasteiger partial charge in [-0.05, 0) is 38.5 Å². The zero-order valence-corrected chi connectivity index (χ0v) is 12.3. The van der Waals surface area contributed by atoms with E-state index in [0.29, 0.717) is 25.9 Å². The Bertz CT molecular complexity index is 458. The zero-order valence-electron chi connectivity index (χ0n) is 11.5. The number of aliphatic carboxylic acids is 1. The van der Waals surface area contributed by atoms with E-state index in [1.807, 2.05) is 0 Å². The molecule has 0 amide bonds. The maximum absolute atomic E-state index is 11.8. The van der Waals surface area contributed by atoms with Crippen LogP contribution in [-0.4, -0.2) is 43.7 Å². The lowest BCUT2D eigenvalue weighted by Gasteiger charge is -2.40. The van der Waals surface area contributed by atoms with Crippen LogP contribution in [0, 0.1) is 11.3 Å². The topological polar surface area (TPSA) is 80.7 Å². The van der Waals surface area contributed by atoms with Crippen LogP contribution in [0.2, 0.25) is 0 Å². The maximum Gasteiger partial charge on any atom is 0.312 e. The van der Waals surface area contributed by atoms with Crippen molar-refractivity contribution < 1.29 is 23.1 Å². The van der Waals surface area contributed by atoms with E-state index in [1.165, 1.54) is 6.26 Å². The van der Waals surface area contributed by atoms with Gasteiger partial charge >= 0.3 is 5.97 Å². The van der Waals surface area contributed by atoms with Gasteiger partial charge in [-0.15, -0.1) is 0 Å². The Kier molecular flexibility index (Phi) is 3.93. The van der Waals surface area contributed by atoms with Gasteiger partial charge in [-0.25, -0.2) is 8.42 Å². The van der Waals surface area contributed by atoms with E-state index in [0.717, 1.165) is 12.8 Å². The first-order chi connectivity index (χ1) is 8.78. The summed E-state index contributed by atoms with van der Waals surface area (Å²) in [5.74, 6) is -0.937. The Labute approximate surface area is 114 Å². The Morgan fingerprint density at radius 2 is 2.05 bits per heavy atom.